The first-order chi connectivity index (χ1) is 14.5. The van der Waals surface area contributed by atoms with Gasteiger partial charge in [0.15, 0.2) is 5.15 Å². The number of aromatic nitrogens is 4. The van der Waals surface area contributed by atoms with Gasteiger partial charge in [0, 0.05) is 18.5 Å². The molecule has 0 spiro atoms. The first kappa shape index (κ1) is 22.5. The lowest BCUT2D eigenvalue weighted by molar-refractivity contribution is -0.0510. The van der Waals surface area contributed by atoms with E-state index in [0.717, 1.165) is 31.5 Å². The van der Waals surface area contributed by atoms with Gasteiger partial charge in [-0.05, 0) is 25.7 Å². The van der Waals surface area contributed by atoms with Gasteiger partial charge in [0.05, 0.1) is 18.3 Å². The first-order valence-electron chi connectivity index (χ1n) is 9.91. The Bertz CT molecular complexity index is 1080. The van der Waals surface area contributed by atoms with Gasteiger partial charge in [-0.15, -0.1) is 5.10 Å². The number of β-amino-alcohol motifs (C(OH)–C–C–N with tert-alkyl or cyclic N) is 1. The summed E-state index contributed by atoms with van der Waals surface area (Å²) in [5.41, 5.74) is -4.98. The number of halogens is 4. The third-order valence-corrected chi connectivity index (χ3v) is 8.18. The lowest BCUT2D eigenvalue weighted by Gasteiger charge is -2.39. The Morgan fingerprint density at radius 3 is 2.65 bits per heavy atom. The summed E-state index contributed by atoms with van der Waals surface area (Å²) in [5.74, 6) is 0.878. The van der Waals surface area contributed by atoms with Crippen LogP contribution in [0.1, 0.15) is 44.9 Å². The minimum absolute atomic E-state index is 0.0473. The number of piperidine rings is 1. The van der Waals surface area contributed by atoms with E-state index in [4.69, 9.17) is 11.6 Å². The van der Waals surface area contributed by atoms with Crippen molar-refractivity contribution in [2.75, 3.05) is 18.4 Å². The number of hydrogen-bond donors (Lipinski definition) is 2. The number of nitrogens with one attached hydrogen (secondary N) is 1. The summed E-state index contributed by atoms with van der Waals surface area (Å²) in [6.07, 6.45) is 3.97. The smallest absolute Gasteiger partial charge is 0.390 e. The van der Waals surface area contributed by atoms with Crippen LogP contribution >= 0.6 is 11.6 Å². The number of nitrogens with zero attached hydrogens (tertiary/aromatic N) is 5. The fraction of sp³-hybridized carbons (Fsp3) is 0.706. The second kappa shape index (κ2) is 7.71. The van der Waals surface area contributed by atoms with Crippen LogP contribution in [0, 0.1) is 0 Å². The molecule has 31 heavy (non-hydrogen) atoms. The second-order valence-corrected chi connectivity index (χ2v) is 10.3. The molecular weight excluding hydrogens is 461 g/mol. The van der Waals surface area contributed by atoms with Crippen molar-refractivity contribution in [3.63, 3.8) is 0 Å². The van der Waals surface area contributed by atoms with E-state index in [1.807, 2.05) is 0 Å². The zero-order chi connectivity index (χ0) is 22.6. The van der Waals surface area contributed by atoms with Crippen molar-refractivity contribution >= 4 is 33.1 Å². The summed E-state index contributed by atoms with van der Waals surface area (Å²) in [6, 6.07) is -0.719. The predicted molar refractivity (Wildman–Crippen MR) is 106 cm³/mol. The summed E-state index contributed by atoms with van der Waals surface area (Å²) in [6.45, 7) is 1.01. The fourth-order valence-corrected chi connectivity index (χ4v) is 5.40. The van der Waals surface area contributed by atoms with E-state index in [9.17, 15) is 26.7 Å². The summed E-state index contributed by atoms with van der Waals surface area (Å²) >= 11 is 6.26. The number of fused-ring (bicyclic) bond motifs is 1. The van der Waals surface area contributed by atoms with Crippen LogP contribution in [0.25, 0.3) is 5.52 Å². The van der Waals surface area contributed by atoms with Gasteiger partial charge in [-0.2, -0.15) is 17.5 Å². The minimum atomic E-state index is -5.49. The molecule has 14 heteroatoms. The number of hydrogen-bond acceptors (Lipinski definition) is 7. The van der Waals surface area contributed by atoms with Crippen molar-refractivity contribution < 1.29 is 26.7 Å². The third kappa shape index (κ3) is 3.74. The van der Waals surface area contributed by atoms with Crippen molar-refractivity contribution in [1.82, 2.24) is 23.9 Å². The molecular formula is C17H22ClF3N6O3S. The van der Waals surface area contributed by atoms with E-state index in [1.54, 1.807) is 4.52 Å². The molecule has 2 aromatic heterocycles. The molecule has 2 atom stereocenters. The van der Waals surface area contributed by atoms with Crippen molar-refractivity contribution in [3.05, 3.63) is 17.2 Å². The lowest BCUT2D eigenvalue weighted by Crippen LogP contribution is -2.54. The maximum Gasteiger partial charge on any atom is 0.511 e. The maximum atomic E-state index is 12.8. The maximum absolute atomic E-state index is 12.8. The molecule has 0 radical (unpaired) electrons. The number of aliphatic hydroxyl groups is 1. The molecule has 0 aromatic carbocycles. The van der Waals surface area contributed by atoms with Crippen LogP contribution in [0.15, 0.2) is 6.20 Å². The Kier molecular flexibility index (Phi) is 5.59. The molecule has 172 valence electrons. The Labute approximate surface area is 181 Å². The van der Waals surface area contributed by atoms with E-state index >= 15 is 0 Å². The average Bonchev–Trinajstić information content (AvgIpc) is 2.98. The molecule has 2 aliphatic rings. The largest absolute Gasteiger partial charge is 0.511 e. The van der Waals surface area contributed by atoms with Crippen LogP contribution in [0.5, 0.6) is 0 Å². The van der Waals surface area contributed by atoms with Gasteiger partial charge in [0.2, 0.25) is 5.95 Å². The van der Waals surface area contributed by atoms with Crippen LogP contribution in [0.3, 0.4) is 0 Å². The summed E-state index contributed by atoms with van der Waals surface area (Å²) in [7, 11) is -5.49. The summed E-state index contributed by atoms with van der Waals surface area (Å²) in [5, 5.41) is 17.9. The zero-order valence-corrected chi connectivity index (χ0v) is 18.2. The summed E-state index contributed by atoms with van der Waals surface area (Å²) < 4.78 is 63.3. The fourth-order valence-electron chi connectivity index (χ4n) is 4.20. The second-order valence-electron chi connectivity index (χ2n) is 8.01. The third-order valence-electron chi connectivity index (χ3n) is 6.30. The Hall–Kier alpha value is -1.70. The quantitative estimate of drug-likeness (QED) is 0.672. The average molecular weight is 483 g/mol. The molecule has 1 saturated carbocycles. The van der Waals surface area contributed by atoms with Gasteiger partial charge in [0.1, 0.15) is 11.3 Å². The van der Waals surface area contributed by atoms with Gasteiger partial charge in [-0.25, -0.2) is 22.9 Å². The van der Waals surface area contributed by atoms with Gasteiger partial charge in [-0.3, -0.25) is 0 Å². The molecule has 0 unspecified atom stereocenters. The Morgan fingerprint density at radius 1 is 1.39 bits per heavy atom. The van der Waals surface area contributed by atoms with Crippen LogP contribution in [0.4, 0.5) is 19.1 Å². The molecule has 2 N–H and O–H groups in total. The molecule has 1 saturated heterocycles. The number of anilines is 1. The minimum Gasteiger partial charge on any atom is -0.390 e. The molecule has 2 aromatic rings. The van der Waals surface area contributed by atoms with Gasteiger partial charge in [0.25, 0.3) is 0 Å². The Balaban J connectivity index is 1.55. The number of sulfonamides is 1. The summed E-state index contributed by atoms with van der Waals surface area (Å²) in [4.78, 5) is 8.66. The van der Waals surface area contributed by atoms with Crippen LogP contribution in [-0.2, 0) is 15.4 Å². The van der Waals surface area contributed by atoms with Crippen molar-refractivity contribution in [3.8, 4) is 0 Å². The molecule has 2 fully saturated rings. The van der Waals surface area contributed by atoms with Gasteiger partial charge < -0.3 is 10.4 Å². The van der Waals surface area contributed by atoms with E-state index < -0.39 is 34.2 Å². The normalized spacial score (nSPS) is 24.8. The standard InChI is InChI=1S/C17H22ClF3N6O3S/c1-2-16(5-3-6-16)14-24-13(18)11-8-22-15(25-27(11)14)23-10-4-7-26(9-12(10)28)31(29,30)17(19,20)21/h8,10,12,28H,2-7,9H2,1H3,(H,23,25)/t10-,12-/m1/s1. The number of alkyl halides is 3. The molecule has 0 amide bonds. The van der Waals surface area contributed by atoms with Gasteiger partial charge >= 0.3 is 15.5 Å². The highest BCUT2D eigenvalue weighted by atomic mass is 35.5. The van der Waals surface area contributed by atoms with Crippen molar-refractivity contribution in [2.24, 2.45) is 0 Å². The first-order valence-corrected chi connectivity index (χ1v) is 11.7. The molecule has 1 aliphatic heterocycles. The molecule has 9 nitrogen and oxygen atoms in total. The van der Waals surface area contributed by atoms with E-state index in [2.05, 4.69) is 27.3 Å². The van der Waals surface area contributed by atoms with Gasteiger partial charge in [-0.1, -0.05) is 24.9 Å². The van der Waals surface area contributed by atoms with Crippen molar-refractivity contribution in [2.45, 2.75) is 62.1 Å². The highest BCUT2D eigenvalue weighted by Crippen LogP contribution is 2.46. The van der Waals surface area contributed by atoms with E-state index in [0.29, 0.717) is 5.52 Å². The highest BCUT2D eigenvalue weighted by molar-refractivity contribution is 7.90. The highest BCUT2D eigenvalue weighted by Gasteiger charge is 2.51. The van der Waals surface area contributed by atoms with E-state index in [-0.39, 0.29) is 33.8 Å². The molecule has 1 aliphatic carbocycles. The van der Waals surface area contributed by atoms with Crippen LogP contribution in [-0.4, -0.2) is 68.2 Å². The number of aliphatic hydroxyl groups excluding tert-OH is 1. The Morgan fingerprint density at radius 2 is 2.10 bits per heavy atom. The molecule has 4 rings (SSSR count). The molecule has 3 heterocycles. The lowest BCUT2D eigenvalue weighted by atomic mass is 9.66. The number of imidazole rings is 1. The SMILES string of the molecule is CCC1(c2nc(Cl)c3cnc(N[C@@H]4CCN(S(=O)(=O)C(F)(F)F)C[C@H]4O)nn23)CCC1. The van der Waals surface area contributed by atoms with Crippen LogP contribution in [0.2, 0.25) is 5.15 Å². The monoisotopic (exact) mass is 482 g/mol. The van der Waals surface area contributed by atoms with Crippen molar-refractivity contribution in [1.29, 1.82) is 0 Å². The zero-order valence-electron chi connectivity index (χ0n) is 16.6. The molecule has 0 bridgehead atoms. The van der Waals surface area contributed by atoms with Crippen LogP contribution < -0.4 is 5.32 Å². The van der Waals surface area contributed by atoms with E-state index in [1.165, 1.54) is 6.20 Å². The topological polar surface area (TPSA) is 113 Å². The number of rotatable bonds is 5. The predicted octanol–water partition coefficient (Wildman–Crippen LogP) is 2.31.